The van der Waals surface area contributed by atoms with E-state index < -0.39 is 0 Å². The fourth-order valence-electron chi connectivity index (χ4n) is 2.55. The Labute approximate surface area is 121 Å². The molecule has 0 saturated heterocycles. The molecule has 2 aromatic carbocycles. The van der Waals surface area contributed by atoms with Crippen LogP contribution in [0.5, 0.6) is 0 Å². The number of nitrogens with zero attached hydrogens (tertiary/aromatic N) is 1. The van der Waals surface area contributed by atoms with Crippen molar-refractivity contribution < 1.29 is 9.59 Å². The van der Waals surface area contributed by atoms with Gasteiger partial charge >= 0.3 is 0 Å². The number of hydrogen-bond donors (Lipinski definition) is 0. The third-order valence-corrected chi connectivity index (χ3v) is 3.80. The highest BCUT2D eigenvalue weighted by molar-refractivity contribution is 6.39. The molecular formula is C16H12ClNO2. The summed E-state index contributed by atoms with van der Waals surface area (Å²) < 4.78 is 0. The van der Waals surface area contributed by atoms with Gasteiger partial charge in [0, 0.05) is 30.9 Å². The molecule has 0 fully saturated rings. The standard InChI is InChI=1S/C16H12ClNO2/c1-18(2)12-8-4-6-10-14(12)16(20)9-5-3-7-11(17)13(9)15(10)19/h3-8H,1-2H3. The summed E-state index contributed by atoms with van der Waals surface area (Å²) in [5.41, 5.74) is 2.30. The third-order valence-electron chi connectivity index (χ3n) is 3.48. The summed E-state index contributed by atoms with van der Waals surface area (Å²) in [7, 11) is 3.70. The van der Waals surface area contributed by atoms with Crippen LogP contribution in [0, 0.1) is 0 Å². The third kappa shape index (κ3) is 1.67. The van der Waals surface area contributed by atoms with Crippen molar-refractivity contribution in [2.45, 2.75) is 0 Å². The summed E-state index contributed by atoms with van der Waals surface area (Å²) in [4.78, 5) is 27.1. The summed E-state index contributed by atoms with van der Waals surface area (Å²) in [5.74, 6) is -0.342. The van der Waals surface area contributed by atoms with Gasteiger partial charge in [0.15, 0.2) is 11.6 Å². The van der Waals surface area contributed by atoms with Crippen LogP contribution in [0.4, 0.5) is 5.69 Å². The molecule has 100 valence electrons. The van der Waals surface area contributed by atoms with Crippen LogP contribution in [0.25, 0.3) is 0 Å². The van der Waals surface area contributed by atoms with E-state index in [9.17, 15) is 9.59 Å². The molecule has 1 aliphatic rings. The fourth-order valence-corrected chi connectivity index (χ4v) is 2.81. The monoisotopic (exact) mass is 285 g/mol. The first kappa shape index (κ1) is 12.9. The molecule has 0 N–H and O–H groups in total. The molecule has 0 radical (unpaired) electrons. The van der Waals surface area contributed by atoms with Crippen LogP contribution in [0.15, 0.2) is 36.4 Å². The van der Waals surface area contributed by atoms with Gasteiger partial charge in [-0.1, -0.05) is 35.9 Å². The molecular weight excluding hydrogens is 274 g/mol. The molecule has 0 amide bonds. The van der Waals surface area contributed by atoms with E-state index in [0.717, 1.165) is 5.69 Å². The molecule has 0 aromatic heterocycles. The number of ketones is 2. The molecule has 3 nitrogen and oxygen atoms in total. The van der Waals surface area contributed by atoms with E-state index in [1.807, 2.05) is 25.1 Å². The first-order chi connectivity index (χ1) is 9.52. The van der Waals surface area contributed by atoms with Gasteiger partial charge in [-0.15, -0.1) is 0 Å². The Morgan fingerprint density at radius 3 is 2.05 bits per heavy atom. The Bertz CT molecular complexity index is 750. The first-order valence-electron chi connectivity index (χ1n) is 6.20. The molecule has 0 heterocycles. The molecule has 0 saturated carbocycles. The van der Waals surface area contributed by atoms with Crippen LogP contribution in [-0.2, 0) is 0 Å². The van der Waals surface area contributed by atoms with Crippen LogP contribution in [-0.4, -0.2) is 25.7 Å². The highest BCUT2D eigenvalue weighted by Gasteiger charge is 2.33. The number of halogens is 1. The minimum Gasteiger partial charge on any atom is -0.377 e. The molecule has 2 aromatic rings. The molecule has 20 heavy (non-hydrogen) atoms. The average molecular weight is 286 g/mol. The largest absolute Gasteiger partial charge is 0.377 e. The average Bonchev–Trinajstić information content (AvgIpc) is 2.43. The van der Waals surface area contributed by atoms with Gasteiger partial charge in [0.25, 0.3) is 0 Å². The highest BCUT2D eigenvalue weighted by Crippen LogP contribution is 2.35. The number of benzene rings is 2. The minimum atomic E-state index is -0.191. The van der Waals surface area contributed by atoms with Gasteiger partial charge in [-0.05, 0) is 12.1 Å². The van der Waals surface area contributed by atoms with Crippen molar-refractivity contribution in [1.82, 2.24) is 0 Å². The van der Waals surface area contributed by atoms with Crippen LogP contribution in [0.2, 0.25) is 5.02 Å². The van der Waals surface area contributed by atoms with Crippen molar-refractivity contribution in [2.24, 2.45) is 0 Å². The molecule has 0 aliphatic heterocycles. The van der Waals surface area contributed by atoms with E-state index >= 15 is 0 Å². The summed E-state index contributed by atoms with van der Waals surface area (Å²) in [5, 5.41) is 0.321. The highest BCUT2D eigenvalue weighted by atomic mass is 35.5. The van der Waals surface area contributed by atoms with Crippen LogP contribution in [0.3, 0.4) is 0 Å². The number of fused-ring (bicyclic) bond motifs is 2. The van der Waals surface area contributed by atoms with Gasteiger partial charge in [0.2, 0.25) is 0 Å². The van der Waals surface area contributed by atoms with Crippen molar-refractivity contribution in [2.75, 3.05) is 19.0 Å². The zero-order chi connectivity index (χ0) is 14.4. The molecule has 0 unspecified atom stereocenters. The first-order valence-corrected chi connectivity index (χ1v) is 6.58. The molecule has 3 rings (SSSR count). The predicted molar refractivity (Wildman–Crippen MR) is 79.1 cm³/mol. The van der Waals surface area contributed by atoms with Gasteiger partial charge in [-0.25, -0.2) is 0 Å². The second kappa shape index (κ2) is 4.46. The second-order valence-corrected chi connectivity index (χ2v) is 5.32. The van der Waals surface area contributed by atoms with Crippen molar-refractivity contribution in [3.8, 4) is 0 Å². The van der Waals surface area contributed by atoms with E-state index in [2.05, 4.69) is 0 Å². The lowest BCUT2D eigenvalue weighted by molar-refractivity contribution is 0.0979. The fraction of sp³-hybridized carbons (Fsp3) is 0.125. The molecule has 0 spiro atoms. The number of rotatable bonds is 1. The van der Waals surface area contributed by atoms with E-state index in [1.54, 1.807) is 30.3 Å². The Hall–Kier alpha value is -2.13. The van der Waals surface area contributed by atoms with Crippen LogP contribution in [0.1, 0.15) is 31.8 Å². The van der Waals surface area contributed by atoms with Crippen LogP contribution < -0.4 is 4.90 Å². The molecule has 4 heteroatoms. The van der Waals surface area contributed by atoms with Gasteiger partial charge in [-0.3, -0.25) is 9.59 Å². The lowest BCUT2D eigenvalue weighted by atomic mass is 9.83. The summed E-state index contributed by atoms with van der Waals surface area (Å²) in [6.07, 6.45) is 0. The van der Waals surface area contributed by atoms with Crippen molar-refractivity contribution in [3.05, 3.63) is 63.7 Å². The zero-order valence-corrected chi connectivity index (χ0v) is 11.9. The summed E-state index contributed by atoms with van der Waals surface area (Å²) in [6.45, 7) is 0. The molecule has 0 atom stereocenters. The van der Waals surface area contributed by atoms with Gasteiger partial charge in [0.05, 0.1) is 16.1 Å². The Balaban J connectivity index is 2.35. The second-order valence-electron chi connectivity index (χ2n) is 4.91. The van der Waals surface area contributed by atoms with Gasteiger partial charge < -0.3 is 4.90 Å². The zero-order valence-electron chi connectivity index (χ0n) is 11.1. The lowest BCUT2D eigenvalue weighted by Gasteiger charge is -2.23. The summed E-state index contributed by atoms with van der Waals surface area (Å²) >= 11 is 6.09. The number of carbonyl (C=O) groups excluding carboxylic acids is 2. The summed E-state index contributed by atoms with van der Waals surface area (Å²) in [6, 6.07) is 10.3. The topological polar surface area (TPSA) is 37.4 Å². The quantitative estimate of drug-likeness (QED) is 0.689. The maximum absolute atomic E-state index is 12.7. The van der Waals surface area contributed by atoms with E-state index in [4.69, 9.17) is 11.6 Å². The maximum Gasteiger partial charge on any atom is 0.196 e. The lowest BCUT2D eigenvalue weighted by Crippen LogP contribution is -2.24. The molecule has 0 bridgehead atoms. The smallest absolute Gasteiger partial charge is 0.196 e. The number of carbonyl (C=O) groups is 2. The predicted octanol–water partition coefficient (Wildman–Crippen LogP) is 3.18. The van der Waals surface area contributed by atoms with E-state index in [1.165, 1.54) is 0 Å². The van der Waals surface area contributed by atoms with Gasteiger partial charge in [0.1, 0.15) is 0 Å². The normalized spacial score (nSPS) is 12.9. The van der Waals surface area contributed by atoms with Crippen molar-refractivity contribution in [3.63, 3.8) is 0 Å². The van der Waals surface area contributed by atoms with E-state index in [0.29, 0.717) is 27.3 Å². The number of anilines is 1. The Morgan fingerprint density at radius 1 is 0.850 bits per heavy atom. The van der Waals surface area contributed by atoms with E-state index in [-0.39, 0.29) is 11.6 Å². The van der Waals surface area contributed by atoms with Crippen LogP contribution >= 0.6 is 11.6 Å². The van der Waals surface area contributed by atoms with Crippen molar-refractivity contribution >= 4 is 28.9 Å². The Kier molecular flexibility index (Phi) is 2.87. The Morgan fingerprint density at radius 2 is 1.40 bits per heavy atom. The minimum absolute atomic E-state index is 0.151. The SMILES string of the molecule is CN(C)c1cccc2c1C(=O)c1cccc(Cl)c1C2=O. The van der Waals surface area contributed by atoms with Crippen molar-refractivity contribution in [1.29, 1.82) is 0 Å². The van der Waals surface area contributed by atoms with Gasteiger partial charge in [-0.2, -0.15) is 0 Å². The number of hydrogen-bond acceptors (Lipinski definition) is 3. The molecule has 1 aliphatic carbocycles. The maximum atomic E-state index is 12.7.